The Morgan fingerprint density at radius 3 is 2.86 bits per heavy atom. The largest absolute Gasteiger partial charge is 0.349 e. The van der Waals surface area contributed by atoms with Gasteiger partial charge in [0.25, 0.3) is 0 Å². The summed E-state index contributed by atoms with van der Waals surface area (Å²) in [7, 11) is 0. The predicted molar refractivity (Wildman–Crippen MR) is 102 cm³/mol. The number of hydrogen-bond donors (Lipinski definition) is 0. The zero-order chi connectivity index (χ0) is 19.1. The molecule has 0 N–H and O–H groups in total. The molecule has 28 heavy (non-hydrogen) atoms. The van der Waals surface area contributed by atoms with Gasteiger partial charge in [-0.2, -0.15) is 4.52 Å². The van der Waals surface area contributed by atoms with E-state index in [1.165, 1.54) is 11.6 Å². The molecule has 1 aromatic carbocycles. The van der Waals surface area contributed by atoms with Crippen molar-refractivity contribution in [2.75, 3.05) is 11.4 Å². The second-order valence-electron chi connectivity index (χ2n) is 6.75. The molecule has 4 aromatic rings. The van der Waals surface area contributed by atoms with E-state index in [0.717, 1.165) is 36.7 Å². The highest BCUT2D eigenvalue weighted by molar-refractivity contribution is 5.60. The zero-order valence-electron chi connectivity index (χ0n) is 15.4. The first-order valence-electron chi connectivity index (χ1n) is 9.29. The van der Waals surface area contributed by atoms with E-state index in [0.29, 0.717) is 23.6 Å². The quantitative estimate of drug-likeness (QED) is 0.548. The average molecular weight is 375 g/mol. The third kappa shape index (κ3) is 2.77. The maximum absolute atomic E-state index is 14.2. The molecule has 5 rings (SSSR count). The fraction of sp³-hybridized carbons (Fsp3) is 0.250. The summed E-state index contributed by atoms with van der Waals surface area (Å²) in [5, 5.41) is 13.0. The van der Waals surface area contributed by atoms with Crippen molar-refractivity contribution >= 4 is 11.5 Å². The van der Waals surface area contributed by atoms with Crippen LogP contribution in [0.25, 0.3) is 17.0 Å². The standard InChI is InChI=1S/C20H18FN7/c1-2-17-22-11-13-9-10-27(12-16(13)23-17)19-8-7-18-24-25-20(28(18)26-19)14-5-3-4-6-15(14)21/h3-8,11H,2,9-10,12H2,1H3. The molecule has 0 spiro atoms. The Bertz CT molecular complexity index is 1170. The number of aryl methyl sites for hydroxylation is 1. The molecule has 0 radical (unpaired) electrons. The Kier molecular flexibility index (Phi) is 3.96. The van der Waals surface area contributed by atoms with Crippen LogP contribution < -0.4 is 4.90 Å². The lowest BCUT2D eigenvalue weighted by molar-refractivity contribution is 0.628. The van der Waals surface area contributed by atoms with Crippen LogP contribution in [-0.2, 0) is 19.4 Å². The highest BCUT2D eigenvalue weighted by Crippen LogP contribution is 2.25. The molecule has 0 fully saturated rings. The van der Waals surface area contributed by atoms with Crippen molar-refractivity contribution in [3.8, 4) is 11.4 Å². The summed E-state index contributed by atoms with van der Waals surface area (Å²) < 4.78 is 15.8. The number of aromatic nitrogens is 6. The van der Waals surface area contributed by atoms with Crippen LogP contribution in [0.2, 0.25) is 0 Å². The minimum atomic E-state index is -0.348. The fourth-order valence-corrected chi connectivity index (χ4v) is 3.47. The van der Waals surface area contributed by atoms with Crippen LogP contribution in [-0.4, -0.2) is 36.3 Å². The molecule has 0 unspecified atom stereocenters. The minimum absolute atomic E-state index is 0.348. The lowest BCUT2D eigenvalue weighted by Crippen LogP contribution is -2.32. The molecule has 1 aliphatic heterocycles. The number of fused-ring (bicyclic) bond motifs is 2. The van der Waals surface area contributed by atoms with E-state index in [1.54, 1.807) is 22.7 Å². The minimum Gasteiger partial charge on any atom is -0.349 e. The Morgan fingerprint density at radius 2 is 2.00 bits per heavy atom. The van der Waals surface area contributed by atoms with E-state index in [1.807, 2.05) is 25.3 Å². The fourth-order valence-electron chi connectivity index (χ4n) is 3.47. The van der Waals surface area contributed by atoms with Gasteiger partial charge in [0.2, 0.25) is 0 Å². The lowest BCUT2D eigenvalue weighted by Gasteiger charge is -2.28. The van der Waals surface area contributed by atoms with Crippen molar-refractivity contribution in [3.63, 3.8) is 0 Å². The first kappa shape index (κ1) is 16.7. The average Bonchev–Trinajstić information content (AvgIpc) is 3.16. The first-order valence-corrected chi connectivity index (χ1v) is 9.29. The van der Waals surface area contributed by atoms with Gasteiger partial charge < -0.3 is 4.90 Å². The lowest BCUT2D eigenvalue weighted by atomic mass is 10.1. The molecule has 4 heterocycles. The maximum atomic E-state index is 14.2. The highest BCUT2D eigenvalue weighted by atomic mass is 19.1. The monoisotopic (exact) mass is 375 g/mol. The first-order chi connectivity index (χ1) is 13.7. The Balaban J connectivity index is 1.53. The van der Waals surface area contributed by atoms with Gasteiger partial charge in [0.15, 0.2) is 11.5 Å². The molecular weight excluding hydrogens is 357 g/mol. The molecule has 0 atom stereocenters. The second kappa shape index (κ2) is 6.63. The van der Waals surface area contributed by atoms with Crippen molar-refractivity contribution in [1.82, 2.24) is 29.8 Å². The van der Waals surface area contributed by atoms with Gasteiger partial charge in [-0.15, -0.1) is 15.3 Å². The second-order valence-corrected chi connectivity index (χ2v) is 6.75. The number of benzene rings is 1. The summed E-state index contributed by atoms with van der Waals surface area (Å²) in [6.07, 6.45) is 3.61. The summed E-state index contributed by atoms with van der Waals surface area (Å²) in [4.78, 5) is 11.2. The molecule has 7 nitrogen and oxygen atoms in total. The number of nitrogens with zero attached hydrogens (tertiary/aromatic N) is 7. The topological polar surface area (TPSA) is 72.1 Å². The molecule has 0 bridgehead atoms. The molecule has 140 valence electrons. The van der Waals surface area contributed by atoms with Crippen molar-refractivity contribution in [2.45, 2.75) is 26.3 Å². The molecular formula is C20H18FN7. The smallest absolute Gasteiger partial charge is 0.188 e. The van der Waals surface area contributed by atoms with Crippen LogP contribution in [0.15, 0.2) is 42.6 Å². The van der Waals surface area contributed by atoms with Gasteiger partial charge in [0, 0.05) is 19.2 Å². The van der Waals surface area contributed by atoms with Gasteiger partial charge in [-0.3, -0.25) is 0 Å². The van der Waals surface area contributed by atoms with Crippen LogP contribution in [0.4, 0.5) is 10.2 Å². The number of hydrogen-bond acceptors (Lipinski definition) is 6. The van der Waals surface area contributed by atoms with Crippen molar-refractivity contribution in [2.24, 2.45) is 0 Å². The molecule has 0 saturated heterocycles. The van der Waals surface area contributed by atoms with E-state index in [-0.39, 0.29) is 5.82 Å². The predicted octanol–water partition coefficient (Wildman–Crippen LogP) is 2.85. The summed E-state index contributed by atoms with van der Waals surface area (Å²) in [5.74, 6) is 1.68. The van der Waals surface area contributed by atoms with Gasteiger partial charge in [-0.05, 0) is 36.2 Å². The highest BCUT2D eigenvalue weighted by Gasteiger charge is 2.21. The van der Waals surface area contributed by atoms with Gasteiger partial charge in [0.1, 0.15) is 17.5 Å². The van der Waals surface area contributed by atoms with Crippen LogP contribution in [0, 0.1) is 5.82 Å². The van der Waals surface area contributed by atoms with Gasteiger partial charge >= 0.3 is 0 Å². The summed E-state index contributed by atoms with van der Waals surface area (Å²) >= 11 is 0. The van der Waals surface area contributed by atoms with Crippen LogP contribution >= 0.6 is 0 Å². The van der Waals surface area contributed by atoms with Crippen LogP contribution in [0.5, 0.6) is 0 Å². The summed E-state index contributed by atoms with van der Waals surface area (Å²) in [5.41, 5.74) is 3.18. The summed E-state index contributed by atoms with van der Waals surface area (Å²) in [6, 6.07) is 10.3. The van der Waals surface area contributed by atoms with E-state index < -0.39 is 0 Å². The van der Waals surface area contributed by atoms with Gasteiger partial charge in [-0.25, -0.2) is 14.4 Å². The third-order valence-electron chi connectivity index (χ3n) is 5.00. The molecule has 1 aliphatic rings. The van der Waals surface area contributed by atoms with E-state index in [9.17, 15) is 4.39 Å². The summed E-state index contributed by atoms with van der Waals surface area (Å²) in [6.45, 7) is 3.53. The Hall–Kier alpha value is -3.42. The Labute approximate surface area is 160 Å². The van der Waals surface area contributed by atoms with Crippen LogP contribution in [0.3, 0.4) is 0 Å². The van der Waals surface area contributed by atoms with Gasteiger partial charge in [0.05, 0.1) is 17.8 Å². The molecule has 0 aliphatic carbocycles. The third-order valence-corrected chi connectivity index (χ3v) is 5.00. The Morgan fingerprint density at radius 1 is 1.11 bits per heavy atom. The van der Waals surface area contributed by atoms with Crippen molar-refractivity contribution < 1.29 is 4.39 Å². The van der Waals surface area contributed by atoms with E-state index >= 15 is 0 Å². The van der Waals surface area contributed by atoms with E-state index in [4.69, 9.17) is 5.10 Å². The number of rotatable bonds is 3. The zero-order valence-corrected chi connectivity index (χ0v) is 15.4. The van der Waals surface area contributed by atoms with Gasteiger partial charge in [-0.1, -0.05) is 19.1 Å². The SMILES string of the molecule is CCc1ncc2c(n1)CN(c1ccc3nnc(-c4ccccc4F)n3n1)CC2. The number of halogens is 1. The molecule has 3 aromatic heterocycles. The van der Waals surface area contributed by atoms with Crippen molar-refractivity contribution in [1.29, 1.82) is 0 Å². The van der Waals surface area contributed by atoms with Crippen LogP contribution in [0.1, 0.15) is 24.0 Å². The van der Waals surface area contributed by atoms with E-state index in [2.05, 4.69) is 25.1 Å². The molecule has 0 amide bonds. The molecule has 0 saturated carbocycles. The molecule has 8 heteroatoms. The maximum Gasteiger partial charge on any atom is 0.188 e. The normalized spacial score (nSPS) is 13.7. The number of anilines is 1. The van der Waals surface area contributed by atoms with Crippen molar-refractivity contribution in [3.05, 3.63) is 65.5 Å².